The predicted molar refractivity (Wildman–Crippen MR) is 65.5 cm³/mol. The number of carbonyl (C=O) groups is 1. The summed E-state index contributed by atoms with van der Waals surface area (Å²) in [5.74, 6) is 0.242. The third-order valence-corrected chi connectivity index (χ3v) is 2.40. The minimum atomic E-state index is -0.635. The summed E-state index contributed by atoms with van der Waals surface area (Å²) in [5, 5.41) is 2.39. The maximum atomic E-state index is 11.4. The van der Waals surface area contributed by atoms with Gasteiger partial charge in [0.2, 0.25) is 0 Å². The zero-order valence-corrected chi connectivity index (χ0v) is 10.6. The number of aromatic nitrogens is 2. The molecule has 0 aliphatic rings. The summed E-state index contributed by atoms with van der Waals surface area (Å²) < 4.78 is 10.1. The molecule has 7 heteroatoms. The molecule has 0 saturated carbocycles. The second kappa shape index (κ2) is 6.15. The van der Waals surface area contributed by atoms with Crippen LogP contribution >= 0.6 is 0 Å². The van der Waals surface area contributed by atoms with Crippen LogP contribution in [-0.4, -0.2) is 35.4 Å². The van der Waals surface area contributed by atoms with Gasteiger partial charge in [-0.05, 0) is 19.9 Å². The van der Waals surface area contributed by atoms with Crippen LogP contribution < -0.4 is 11.0 Å². The average molecular weight is 255 g/mol. The number of carbonyl (C=O) groups excluding carboxylic acids is 1. The fraction of sp³-hybridized carbons (Fsp3) is 0.545. The molecule has 1 heterocycles. The van der Waals surface area contributed by atoms with Crippen molar-refractivity contribution in [2.45, 2.75) is 25.9 Å². The lowest BCUT2D eigenvalue weighted by Gasteiger charge is -2.22. The molecular formula is C11H17N3O4. The molecule has 18 heavy (non-hydrogen) atoms. The Kier molecular flexibility index (Phi) is 4.85. The maximum Gasteiger partial charge on any atom is 0.412 e. The normalized spacial score (nSPS) is 11.1. The Morgan fingerprint density at radius 2 is 2.28 bits per heavy atom. The number of nitrogens with zero attached hydrogens (tertiary/aromatic N) is 1. The molecule has 1 aromatic heterocycles. The van der Waals surface area contributed by atoms with Crippen LogP contribution in [0.3, 0.4) is 0 Å². The predicted octanol–water partition coefficient (Wildman–Crippen LogP) is 1.13. The van der Waals surface area contributed by atoms with E-state index in [0.717, 1.165) is 0 Å². The van der Waals surface area contributed by atoms with E-state index >= 15 is 0 Å². The molecule has 0 aromatic carbocycles. The highest BCUT2D eigenvalue weighted by molar-refractivity contribution is 5.83. The number of methoxy groups -OCH3 is 1. The van der Waals surface area contributed by atoms with Crippen LogP contribution in [0.4, 0.5) is 10.6 Å². The van der Waals surface area contributed by atoms with Crippen LogP contribution in [0.25, 0.3) is 0 Å². The molecule has 0 aliphatic carbocycles. The Morgan fingerprint density at radius 1 is 1.56 bits per heavy atom. The molecular weight excluding hydrogens is 238 g/mol. The Labute approximate surface area is 105 Å². The van der Waals surface area contributed by atoms with Gasteiger partial charge in [0.15, 0.2) is 0 Å². The van der Waals surface area contributed by atoms with Crippen LogP contribution in [0.15, 0.2) is 17.1 Å². The molecule has 1 rings (SSSR count). The van der Waals surface area contributed by atoms with Gasteiger partial charge in [0.1, 0.15) is 5.82 Å². The molecule has 7 nitrogen and oxygen atoms in total. The van der Waals surface area contributed by atoms with Crippen molar-refractivity contribution in [2.24, 2.45) is 0 Å². The van der Waals surface area contributed by atoms with Gasteiger partial charge in [-0.15, -0.1) is 0 Å². The number of hydrogen-bond donors (Lipinski definition) is 2. The first-order chi connectivity index (χ1) is 8.43. The van der Waals surface area contributed by atoms with Gasteiger partial charge in [-0.25, -0.2) is 14.6 Å². The Bertz CT molecular complexity index is 456. The van der Waals surface area contributed by atoms with Gasteiger partial charge in [0, 0.05) is 19.7 Å². The van der Waals surface area contributed by atoms with Crippen molar-refractivity contribution in [1.82, 2.24) is 9.97 Å². The minimum absolute atomic E-state index is 0.224. The molecule has 0 fully saturated rings. The zero-order chi connectivity index (χ0) is 13.6. The molecule has 100 valence electrons. The van der Waals surface area contributed by atoms with Gasteiger partial charge in [0.05, 0.1) is 12.2 Å². The van der Waals surface area contributed by atoms with E-state index in [1.165, 1.54) is 12.3 Å². The summed E-state index contributed by atoms with van der Waals surface area (Å²) in [5.41, 5.74) is -0.876. The van der Waals surface area contributed by atoms with E-state index in [-0.39, 0.29) is 18.0 Å². The van der Waals surface area contributed by atoms with E-state index in [4.69, 9.17) is 9.47 Å². The lowest BCUT2D eigenvalue weighted by atomic mass is 10.1. The van der Waals surface area contributed by atoms with Crippen molar-refractivity contribution in [2.75, 3.05) is 19.0 Å². The molecule has 0 spiro atoms. The number of anilines is 1. The molecule has 0 aliphatic heterocycles. The van der Waals surface area contributed by atoms with Gasteiger partial charge in [-0.2, -0.15) is 0 Å². The monoisotopic (exact) mass is 255 g/mol. The smallest absolute Gasteiger partial charge is 0.412 e. The van der Waals surface area contributed by atoms with E-state index in [1.807, 2.05) is 13.8 Å². The van der Waals surface area contributed by atoms with Crippen LogP contribution in [0.5, 0.6) is 0 Å². The van der Waals surface area contributed by atoms with E-state index in [9.17, 15) is 9.59 Å². The van der Waals surface area contributed by atoms with Crippen molar-refractivity contribution >= 4 is 11.9 Å². The Morgan fingerprint density at radius 3 is 2.89 bits per heavy atom. The maximum absolute atomic E-state index is 11.4. The number of nitrogens with one attached hydrogen (secondary N) is 2. The number of H-pyrrole nitrogens is 1. The largest absolute Gasteiger partial charge is 0.449 e. The summed E-state index contributed by atoms with van der Waals surface area (Å²) in [6.07, 6.45) is 1.23. The first kappa shape index (κ1) is 14.2. The second-order valence-electron chi connectivity index (χ2n) is 4.26. The van der Waals surface area contributed by atoms with E-state index in [0.29, 0.717) is 6.42 Å². The molecule has 1 aromatic rings. The highest BCUT2D eigenvalue weighted by atomic mass is 16.6. The van der Waals surface area contributed by atoms with Gasteiger partial charge >= 0.3 is 11.8 Å². The van der Waals surface area contributed by atoms with Crippen molar-refractivity contribution in [1.29, 1.82) is 0 Å². The summed E-state index contributed by atoms with van der Waals surface area (Å²) >= 11 is 0. The van der Waals surface area contributed by atoms with Crippen LogP contribution in [0.1, 0.15) is 20.3 Å². The number of rotatable bonds is 5. The highest BCUT2D eigenvalue weighted by Crippen LogP contribution is 2.12. The minimum Gasteiger partial charge on any atom is -0.449 e. The van der Waals surface area contributed by atoms with Crippen LogP contribution in [0, 0.1) is 0 Å². The highest BCUT2D eigenvalue weighted by Gasteiger charge is 2.16. The van der Waals surface area contributed by atoms with Gasteiger partial charge in [-0.1, -0.05) is 0 Å². The first-order valence-corrected chi connectivity index (χ1v) is 5.47. The summed E-state index contributed by atoms with van der Waals surface area (Å²) in [6.45, 7) is 4.02. The SMILES string of the molecule is COC(C)(C)CCOC(=O)Nc1ccnc(=O)[nH]1. The summed E-state index contributed by atoms with van der Waals surface area (Å²) in [7, 11) is 1.60. The molecule has 1 amide bonds. The molecule has 0 bridgehead atoms. The summed E-state index contributed by atoms with van der Waals surface area (Å²) in [4.78, 5) is 28.0. The number of ether oxygens (including phenoxy) is 2. The third-order valence-electron chi connectivity index (χ3n) is 2.40. The molecule has 0 unspecified atom stereocenters. The van der Waals surface area contributed by atoms with E-state index < -0.39 is 11.8 Å². The Balaban J connectivity index is 2.37. The van der Waals surface area contributed by atoms with Crippen molar-refractivity contribution in [3.63, 3.8) is 0 Å². The zero-order valence-electron chi connectivity index (χ0n) is 10.6. The topological polar surface area (TPSA) is 93.3 Å². The first-order valence-electron chi connectivity index (χ1n) is 5.47. The fourth-order valence-corrected chi connectivity index (χ4v) is 1.08. The Hall–Kier alpha value is -1.89. The van der Waals surface area contributed by atoms with Crippen LogP contribution in [0.2, 0.25) is 0 Å². The molecule has 0 atom stereocenters. The molecule has 0 radical (unpaired) electrons. The van der Waals surface area contributed by atoms with Crippen molar-refractivity contribution < 1.29 is 14.3 Å². The number of amides is 1. The van der Waals surface area contributed by atoms with E-state index in [2.05, 4.69) is 15.3 Å². The standard InChI is InChI=1S/C11H17N3O4/c1-11(2,17-3)5-7-18-10(16)14-8-4-6-12-9(15)13-8/h4,6H,5,7H2,1-3H3,(H2,12,13,14,15,16). The quantitative estimate of drug-likeness (QED) is 0.822. The second-order valence-corrected chi connectivity index (χ2v) is 4.26. The molecule has 0 saturated heterocycles. The summed E-state index contributed by atoms with van der Waals surface area (Å²) in [6, 6.07) is 1.46. The van der Waals surface area contributed by atoms with Crippen molar-refractivity contribution in [3.8, 4) is 0 Å². The lowest BCUT2D eigenvalue weighted by molar-refractivity contribution is 0.00125. The van der Waals surface area contributed by atoms with Gasteiger partial charge in [-0.3, -0.25) is 10.3 Å². The van der Waals surface area contributed by atoms with Gasteiger partial charge in [0.25, 0.3) is 0 Å². The number of hydrogen-bond acceptors (Lipinski definition) is 5. The average Bonchev–Trinajstić information content (AvgIpc) is 2.28. The van der Waals surface area contributed by atoms with Crippen molar-refractivity contribution in [3.05, 3.63) is 22.7 Å². The third kappa shape index (κ3) is 4.96. The molecule has 2 N–H and O–H groups in total. The lowest BCUT2D eigenvalue weighted by Crippen LogP contribution is -2.26. The fourth-order valence-electron chi connectivity index (χ4n) is 1.08. The van der Waals surface area contributed by atoms with Gasteiger partial charge < -0.3 is 9.47 Å². The van der Waals surface area contributed by atoms with E-state index in [1.54, 1.807) is 7.11 Å². The van der Waals surface area contributed by atoms with Crippen LogP contribution in [-0.2, 0) is 9.47 Å². The number of aromatic amines is 1.